The average molecular weight is 505 g/mol. The molecule has 0 fully saturated rings. The number of thiophene rings is 3. The molecule has 0 unspecified atom stereocenters. The van der Waals surface area contributed by atoms with Crippen LogP contribution in [-0.4, -0.2) is 9.13 Å². The first-order valence-corrected chi connectivity index (χ1v) is 12.9. The molecule has 0 aliphatic rings. The zero-order chi connectivity index (χ0) is 19.8. The second kappa shape index (κ2) is 6.31. The number of hydrogen-bond donors (Lipinski definition) is 0. The van der Waals surface area contributed by atoms with Crippen molar-refractivity contribution in [2.75, 3.05) is 0 Å². The summed E-state index contributed by atoms with van der Waals surface area (Å²) in [5, 5.41) is 2.20. The number of halogens is 1. The highest BCUT2D eigenvalue weighted by molar-refractivity contribution is 9.11. The third-order valence-corrected chi connectivity index (χ3v) is 9.58. The molecule has 0 N–H and O–H groups in total. The van der Waals surface area contributed by atoms with E-state index in [-0.39, 0.29) is 0 Å². The normalized spacial score (nSPS) is 12.2. The SMILES string of the molecule is Brc1cc2c(s1)c1sc3c4sccc4n(-c4ccccc4)c3c1n2-c1ccccc1. The van der Waals surface area contributed by atoms with Crippen LogP contribution in [0.4, 0.5) is 0 Å². The van der Waals surface area contributed by atoms with Gasteiger partial charge in [0.05, 0.1) is 44.7 Å². The minimum atomic E-state index is 1.17. The number of para-hydroxylation sites is 2. The van der Waals surface area contributed by atoms with Crippen molar-refractivity contribution in [2.24, 2.45) is 0 Å². The van der Waals surface area contributed by atoms with Gasteiger partial charge >= 0.3 is 0 Å². The summed E-state index contributed by atoms with van der Waals surface area (Å²) in [5.74, 6) is 0. The monoisotopic (exact) mass is 504 g/mol. The van der Waals surface area contributed by atoms with E-state index in [1.807, 2.05) is 34.0 Å². The summed E-state index contributed by atoms with van der Waals surface area (Å²) in [6, 6.07) is 25.9. The number of benzene rings is 2. The van der Waals surface area contributed by atoms with Crippen molar-refractivity contribution in [2.45, 2.75) is 0 Å². The predicted molar refractivity (Wildman–Crippen MR) is 136 cm³/mol. The Morgan fingerprint density at radius 1 is 0.600 bits per heavy atom. The molecule has 0 spiro atoms. The predicted octanol–water partition coefficient (Wildman–Crippen LogP) is 8.83. The van der Waals surface area contributed by atoms with Gasteiger partial charge in [-0.3, -0.25) is 0 Å². The molecule has 7 aromatic rings. The molecule has 0 atom stereocenters. The summed E-state index contributed by atoms with van der Waals surface area (Å²) < 4.78 is 11.5. The summed E-state index contributed by atoms with van der Waals surface area (Å²) >= 11 is 9.31. The number of fused-ring (bicyclic) bond motifs is 7. The Morgan fingerprint density at radius 2 is 1.20 bits per heavy atom. The summed E-state index contributed by atoms with van der Waals surface area (Å²) in [7, 11) is 0. The van der Waals surface area contributed by atoms with Gasteiger partial charge in [0.2, 0.25) is 0 Å². The molecule has 30 heavy (non-hydrogen) atoms. The Labute approximate surface area is 192 Å². The Bertz CT molecular complexity index is 1690. The van der Waals surface area contributed by atoms with Crippen molar-refractivity contribution in [1.82, 2.24) is 9.13 Å². The quantitative estimate of drug-likeness (QED) is 0.222. The molecule has 5 heterocycles. The summed E-state index contributed by atoms with van der Waals surface area (Å²) in [5.41, 5.74) is 7.59. The van der Waals surface area contributed by atoms with Crippen LogP contribution < -0.4 is 0 Å². The van der Waals surface area contributed by atoms with Crippen LogP contribution in [0.15, 0.2) is 82.0 Å². The first-order valence-electron chi connectivity index (χ1n) is 9.56. The molecule has 2 aromatic carbocycles. The van der Waals surface area contributed by atoms with E-state index in [1.165, 1.54) is 56.0 Å². The average Bonchev–Trinajstić information content (AvgIpc) is 3.54. The van der Waals surface area contributed by atoms with Gasteiger partial charge in [0, 0.05) is 11.4 Å². The van der Waals surface area contributed by atoms with Crippen molar-refractivity contribution in [3.05, 3.63) is 82.0 Å². The Balaban J connectivity index is 1.76. The van der Waals surface area contributed by atoms with Crippen molar-refractivity contribution >= 4 is 90.8 Å². The lowest BCUT2D eigenvalue weighted by Gasteiger charge is -2.09. The first kappa shape index (κ1) is 17.3. The molecule has 0 aliphatic heterocycles. The fourth-order valence-corrected chi connectivity index (χ4v) is 8.41. The number of aromatic nitrogens is 2. The second-order valence-corrected chi connectivity index (χ2v) is 11.6. The molecular formula is C24H13BrN2S3. The lowest BCUT2D eigenvalue weighted by Crippen LogP contribution is -1.96. The maximum Gasteiger partial charge on any atom is 0.0908 e. The third-order valence-electron chi connectivity index (χ3n) is 5.56. The topological polar surface area (TPSA) is 9.86 Å². The van der Waals surface area contributed by atoms with Gasteiger partial charge in [-0.2, -0.15) is 0 Å². The summed E-state index contributed by atoms with van der Waals surface area (Å²) in [6.45, 7) is 0. The molecule has 0 saturated carbocycles. The van der Waals surface area contributed by atoms with Gasteiger partial charge in [0.15, 0.2) is 0 Å². The lowest BCUT2D eigenvalue weighted by atomic mass is 10.3. The van der Waals surface area contributed by atoms with Crippen LogP contribution in [0, 0.1) is 0 Å². The molecule has 0 bridgehead atoms. The molecule has 0 saturated heterocycles. The van der Waals surface area contributed by atoms with Gasteiger partial charge in [0.25, 0.3) is 0 Å². The van der Waals surface area contributed by atoms with Gasteiger partial charge in [-0.05, 0) is 57.7 Å². The summed E-state index contributed by atoms with van der Waals surface area (Å²) in [6.07, 6.45) is 0. The number of hydrogen-bond acceptors (Lipinski definition) is 3. The Kier molecular flexibility index (Phi) is 3.64. The molecule has 5 aromatic heterocycles. The van der Waals surface area contributed by atoms with E-state index >= 15 is 0 Å². The zero-order valence-corrected chi connectivity index (χ0v) is 19.5. The fourth-order valence-electron chi connectivity index (χ4n) is 4.40. The molecule has 7 rings (SSSR count). The van der Waals surface area contributed by atoms with E-state index in [1.54, 1.807) is 0 Å². The van der Waals surface area contributed by atoms with Crippen molar-refractivity contribution in [3.8, 4) is 11.4 Å². The number of rotatable bonds is 2. The van der Waals surface area contributed by atoms with Crippen LogP contribution in [-0.2, 0) is 0 Å². The van der Waals surface area contributed by atoms with Crippen molar-refractivity contribution in [3.63, 3.8) is 0 Å². The molecule has 144 valence electrons. The highest BCUT2D eigenvalue weighted by atomic mass is 79.9. The lowest BCUT2D eigenvalue weighted by molar-refractivity contribution is 1.15. The third kappa shape index (κ3) is 2.22. The zero-order valence-electron chi connectivity index (χ0n) is 15.5. The van der Waals surface area contributed by atoms with E-state index in [9.17, 15) is 0 Å². The van der Waals surface area contributed by atoms with Gasteiger partial charge < -0.3 is 9.13 Å². The van der Waals surface area contributed by atoms with Crippen molar-refractivity contribution < 1.29 is 0 Å². The molecule has 0 radical (unpaired) electrons. The van der Waals surface area contributed by atoms with Gasteiger partial charge in [-0.15, -0.1) is 34.0 Å². The minimum absolute atomic E-state index is 1.17. The molecular weight excluding hydrogens is 492 g/mol. The highest BCUT2D eigenvalue weighted by Crippen LogP contribution is 2.50. The van der Waals surface area contributed by atoms with Gasteiger partial charge in [0.1, 0.15) is 0 Å². The van der Waals surface area contributed by atoms with Crippen LogP contribution in [0.3, 0.4) is 0 Å². The minimum Gasteiger partial charge on any atom is -0.306 e. The van der Waals surface area contributed by atoms with Crippen LogP contribution in [0.2, 0.25) is 0 Å². The maximum absolute atomic E-state index is 3.72. The Morgan fingerprint density at radius 3 is 1.87 bits per heavy atom. The second-order valence-electron chi connectivity index (χ2n) is 7.20. The fraction of sp³-hybridized carbons (Fsp3) is 0. The largest absolute Gasteiger partial charge is 0.306 e. The summed E-state index contributed by atoms with van der Waals surface area (Å²) in [4.78, 5) is 0. The van der Waals surface area contributed by atoms with Crippen LogP contribution in [0.1, 0.15) is 0 Å². The van der Waals surface area contributed by atoms with Crippen LogP contribution in [0.5, 0.6) is 0 Å². The van der Waals surface area contributed by atoms with E-state index < -0.39 is 0 Å². The van der Waals surface area contributed by atoms with Crippen LogP contribution >= 0.6 is 49.9 Å². The van der Waals surface area contributed by atoms with Crippen LogP contribution in [0.25, 0.3) is 52.2 Å². The van der Waals surface area contributed by atoms with Gasteiger partial charge in [-0.25, -0.2) is 0 Å². The van der Waals surface area contributed by atoms with E-state index in [0.717, 1.165) is 0 Å². The Hall–Kier alpha value is -2.38. The molecule has 0 aliphatic carbocycles. The first-order chi connectivity index (χ1) is 14.8. The highest BCUT2D eigenvalue weighted by Gasteiger charge is 2.25. The standard InChI is InChI=1S/C24H13BrN2S3/c25-18-13-17-22(29-18)24-20(27(17)15-9-5-2-6-10-15)19-23(30-24)21-16(11-12-28-21)26(19)14-7-3-1-4-8-14/h1-13H. The molecule has 0 amide bonds. The van der Waals surface area contributed by atoms with E-state index in [2.05, 4.69) is 103 Å². The molecule has 6 heteroatoms. The van der Waals surface area contributed by atoms with E-state index in [4.69, 9.17) is 0 Å². The molecule has 2 nitrogen and oxygen atoms in total. The van der Waals surface area contributed by atoms with Gasteiger partial charge in [-0.1, -0.05) is 36.4 Å². The van der Waals surface area contributed by atoms with E-state index in [0.29, 0.717) is 0 Å². The number of nitrogens with zero attached hydrogens (tertiary/aromatic N) is 2. The van der Waals surface area contributed by atoms with Crippen molar-refractivity contribution in [1.29, 1.82) is 0 Å². The maximum atomic E-state index is 3.72. The smallest absolute Gasteiger partial charge is 0.0908 e.